The Morgan fingerprint density at radius 3 is 2.32 bits per heavy atom. The van der Waals surface area contributed by atoms with Crippen molar-refractivity contribution in [2.24, 2.45) is 0 Å². The highest BCUT2D eigenvalue weighted by molar-refractivity contribution is 5.78. The SMILES string of the molecule is O=C(OC1CC2C3OC3C(C1)N2C(O)(O)O)C(CO)c1ccccc1. The minimum Gasteiger partial charge on any atom is -0.462 e. The fraction of sp³-hybridized carbons (Fsp3) is 0.588. The van der Waals surface area contributed by atoms with Crippen LogP contribution in [0.4, 0.5) is 0 Å². The van der Waals surface area contributed by atoms with Crippen molar-refractivity contribution in [1.82, 2.24) is 4.90 Å². The Hall–Kier alpha value is -1.55. The van der Waals surface area contributed by atoms with Crippen LogP contribution in [0.1, 0.15) is 24.3 Å². The van der Waals surface area contributed by atoms with Gasteiger partial charge < -0.3 is 29.9 Å². The average molecular weight is 351 g/mol. The number of hydrogen-bond acceptors (Lipinski definition) is 8. The van der Waals surface area contributed by atoms with Crippen molar-refractivity contribution in [3.8, 4) is 0 Å². The van der Waals surface area contributed by atoms with Crippen molar-refractivity contribution in [2.45, 2.75) is 55.3 Å². The van der Waals surface area contributed by atoms with E-state index in [0.29, 0.717) is 18.4 Å². The smallest absolute Gasteiger partial charge is 0.346 e. The summed E-state index contributed by atoms with van der Waals surface area (Å²) in [5.41, 5.74) is 0.682. The van der Waals surface area contributed by atoms with Gasteiger partial charge in [0.1, 0.15) is 24.2 Å². The van der Waals surface area contributed by atoms with Crippen LogP contribution in [0.25, 0.3) is 0 Å². The zero-order valence-electron chi connectivity index (χ0n) is 13.4. The summed E-state index contributed by atoms with van der Waals surface area (Å²) in [7, 11) is 0. The summed E-state index contributed by atoms with van der Waals surface area (Å²) in [5, 5.41) is 38.2. The Kier molecular flexibility index (Phi) is 4.06. The number of aliphatic hydroxyl groups excluding tert-OH is 1. The molecule has 0 aliphatic carbocycles. The van der Waals surface area contributed by atoms with Gasteiger partial charge in [-0.05, 0) is 5.56 Å². The van der Waals surface area contributed by atoms with E-state index in [-0.39, 0.29) is 18.8 Å². The Balaban J connectivity index is 1.44. The van der Waals surface area contributed by atoms with Crippen molar-refractivity contribution < 1.29 is 34.7 Å². The summed E-state index contributed by atoms with van der Waals surface area (Å²) in [4.78, 5) is 13.7. The molecule has 0 radical (unpaired) electrons. The Morgan fingerprint density at radius 1 is 1.20 bits per heavy atom. The van der Waals surface area contributed by atoms with Gasteiger partial charge in [0, 0.05) is 24.9 Å². The lowest BCUT2D eigenvalue weighted by atomic mass is 9.97. The molecule has 8 heteroatoms. The predicted molar refractivity (Wildman–Crippen MR) is 82.8 cm³/mol. The topological polar surface area (TPSA) is 123 Å². The van der Waals surface area contributed by atoms with Crippen LogP contribution >= 0.6 is 0 Å². The lowest BCUT2D eigenvalue weighted by Crippen LogP contribution is -2.61. The van der Waals surface area contributed by atoms with Gasteiger partial charge in [0.25, 0.3) is 0 Å². The number of hydrogen-bond donors (Lipinski definition) is 4. The van der Waals surface area contributed by atoms with Crippen molar-refractivity contribution >= 4 is 5.97 Å². The largest absolute Gasteiger partial charge is 0.462 e. The monoisotopic (exact) mass is 351 g/mol. The van der Waals surface area contributed by atoms with E-state index in [0.717, 1.165) is 0 Å². The number of aliphatic hydroxyl groups is 4. The number of esters is 1. The zero-order chi connectivity index (χ0) is 17.8. The molecule has 3 saturated heterocycles. The maximum atomic E-state index is 12.5. The van der Waals surface area contributed by atoms with Gasteiger partial charge in [-0.25, -0.2) is 4.90 Å². The molecule has 136 valence electrons. The minimum atomic E-state index is -2.90. The zero-order valence-corrected chi connectivity index (χ0v) is 13.4. The maximum Gasteiger partial charge on any atom is 0.346 e. The van der Waals surface area contributed by atoms with Gasteiger partial charge in [0.05, 0.1) is 6.61 Å². The van der Waals surface area contributed by atoms with Crippen LogP contribution in [0, 0.1) is 0 Å². The van der Waals surface area contributed by atoms with Gasteiger partial charge in [-0.2, -0.15) is 0 Å². The van der Waals surface area contributed by atoms with Crippen LogP contribution in [0.3, 0.4) is 0 Å². The van der Waals surface area contributed by atoms with Crippen LogP contribution < -0.4 is 0 Å². The first-order valence-corrected chi connectivity index (χ1v) is 8.37. The number of nitrogens with zero attached hydrogens (tertiary/aromatic N) is 1. The molecule has 4 N–H and O–H groups in total. The highest BCUT2D eigenvalue weighted by Gasteiger charge is 2.68. The summed E-state index contributed by atoms with van der Waals surface area (Å²) in [6, 6.07) is 8.07. The molecular weight excluding hydrogens is 330 g/mol. The number of ether oxygens (including phenoxy) is 2. The molecule has 0 amide bonds. The van der Waals surface area contributed by atoms with Crippen LogP contribution in [0.2, 0.25) is 0 Å². The summed E-state index contributed by atoms with van der Waals surface area (Å²) in [5.74, 6) is -1.26. The van der Waals surface area contributed by atoms with Crippen LogP contribution in [-0.4, -0.2) is 74.4 Å². The van der Waals surface area contributed by atoms with Gasteiger partial charge >= 0.3 is 12.1 Å². The molecule has 4 rings (SSSR count). The molecule has 25 heavy (non-hydrogen) atoms. The molecule has 0 spiro atoms. The highest BCUT2D eigenvalue weighted by Crippen LogP contribution is 2.50. The molecule has 0 aromatic heterocycles. The van der Waals surface area contributed by atoms with E-state index in [1.54, 1.807) is 24.3 Å². The lowest BCUT2D eigenvalue weighted by Gasteiger charge is -2.43. The van der Waals surface area contributed by atoms with Gasteiger partial charge in [0.15, 0.2) is 0 Å². The van der Waals surface area contributed by atoms with Crippen LogP contribution in [0.15, 0.2) is 30.3 Å². The summed E-state index contributed by atoms with van der Waals surface area (Å²) >= 11 is 0. The molecule has 3 fully saturated rings. The first-order valence-electron chi connectivity index (χ1n) is 8.37. The second-order valence-corrected chi connectivity index (χ2v) is 6.88. The lowest BCUT2D eigenvalue weighted by molar-refractivity contribution is -0.412. The highest BCUT2D eigenvalue weighted by atomic mass is 16.7. The number of carbonyl (C=O) groups excluding carboxylic acids is 1. The molecule has 5 atom stereocenters. The summed E-state index contributed by atoms with van der Waals surface area (Å²) in [6.07, 6.45) is -3.02. The standard InChI is InChI=1S/C17H21NO7/c19-8-11(9-4-2-1-3-5-9)16(20)24-10-6-12-14-15(25-14)13(7-10)18(12)17(21,22)23/h1-5,10-15,19,21-23H,6-8H2. The molecule has 3 aliphatic heterocycles. The Labute approximate surface area is 144 Å². The number of benzene rings is 1. The summed E-state index contributed by atoms with van der Waals surface area (Å²) < 4.78 is 11.1. The van der Waals surface area contributed by atoms with E-state index >= 15 is 0 Å². The van der Waals surface area contributed by atoms with E-state index < -0.39 is 36.2 Å². The van der Waals surface area contributed by atoms with Crippen LogP contribution in [-0.2, 0) is 14.3 Å². The summed E-state index contributed by atoms with van der Waals surface area (Å²) in [6.45, 7) is -0.351. The fourth-order valence-corrected chi connectivity index (χ4v) is 4.24. The number of rotatable bonds is 5. The molecule has 8 nitrogen and oxygen atoms in total. The first-order chi connectivity index (χ1) is 11.9. The Bertz CT molecular complexity index is 628. The molecule has 5 unspecified atom stereocenters. The van der Waals surface area contributed by atoms with Crippen molar-refractivity contribution in [2.75, 3.05) is 6.61 Å². The van der Waals surface area contributed by atoms with Gasteiger partial charge in [-0.15, -0.1) is 0 Å². The molecule has 2 bridgehead atoms. The average Bonchev–Trinajstić information content (AvgIpc) is 3.31. The number of morpholine rings is 1. The number of epoxide rings is 1. The fourth-order valence-electron chi connectivity index (χ4n) is 4.24. The third kappa shape index (κ3) is 2.95. The molecule has 3 aliphatic rings. The quantitative estimate of drug-likeness (QED) is 0.299. The molecule has 3 heterocycles. The van der Waals surface area contributed by atoms with Crippen molar-refractivity contribution in [3.05, 3.63) is 35.9 Å². The van der Waals surface area contributed by atoms with E-state index in [1.165, 1.54) is 4.90 Å². The maximum absolute atomic E-state index is 12.5. The molecule has 1 aromatic carbocycles. The number of piperidine rings is 1. The number of fused-ring (bicyclic) bond motifs is 5. The van der Waals surface area contributed by atoms with Crippen molar-refractivity contribution in [3.63, 3.8) is 0 Å². The number of carbonyl (C=O) groups is 1. The van der Waals surface area contributed by atoms with E-state index in [1.807, 2.05) is 6.07 Å². The van der Waals surface area contributed by atoms with Gasteiger partial charge in [-0.1, -0.05) is 30.3 Å². The normalized spacial score (nSPS) is 35.1. The second kappa shape index (κ2) is 6.01. The van der Waals surface area contributed by atoms with Gasteiger partial charge in [-0.3, -0.25) is 4.79 Å². The molecule has 1 aromatic rings. The van der Waals surface area contributed by atoms with Gasteiger partial charge in [0.2, 0.25) is 0 Å². The molecule has 0 saturated carbocycles. The molecular formula is C17H21NO7. The van der Waals surface area contributed by atoms with E-state index in [2.05, 4.69) is 0 Å². The van der Waals surface area contributed by atoms with Crippen LogP contribution in [0.5, 0.6) is 0 Å². The predicted octanol–water partition coefficient (Wildman–Crippen LogP) is -1.12. The third-order valence-electron chi connectivity index (χ3n) is 5.34. The van der Waals surface area contributed by atoms with Crippen molar-refractivity contribution in [1.29, 1.82) is 0 Å². The first kappa shape index (κ1) is 16.9. The van der Waals surface area contributed by atoms with E-state index in [4.69, 9.17) is 9.47 Å². The second-order valence-electron chi connectivity index (χ2n) is 6.88. The Morgan fingerprint density at radius 2 is 1.80 bits per heavy atom. The third-order valence-corrected chi connectivity index (χ3v) is 5.34. The minimum absolute atomic E-state index is 0.178. The van der Waals surface area contributed by atoms with E-state index in [9.17, 15) is 25.2 Å².